The highest BCUT2D eigenvalue weighted by Gasteiger charge is 2.37. The molecule has 1 heterocycles. The van der Waals surface area contributed by atoms with Gasteiger partial charge in [-0.3, -0.25) is 9.08 Å². The molecule has 31 heavy (non-hydrogen) atoms. The van der Waals surface area contributed by atoms with Gasteiger partial charge >= 0.3 is 6.09 Å². The average Bonchev–Trinajstić information content (AvgIpc) is 2.70. The van der Waals surface area contributed by atoms with E-state index >= 15 is 0 Å². The van der Waals surface area contributed by atoms with Crippen LogP contribution >= 0.6 is 0 Å². The summed E-state index contributed by atoms with van der Waals surface area (Å²) in [5.74, 6) is -0.288. The molecule has 0 aliphatic carbocycles. The van der Waals surface area contributed by atoms with Crippen LogP contribution in [0.15, 0.2) is 54.6 Å². The minimum absolute atomic E-state index is 0.267. The minimum atomic E-state index is -3.89. The highest BCUT2D eigenvalue weighted by atomic mass is 32.2. The maximum atomic E-state index is 12.8. The molecule has 2 aromatic rings. The number of rotatable bonds is 6. The molecule has 0 saturated heterocycles. The maximum absolute atomic E-state index is 12.8. The van der Waals surface area contributed by atoms with Crippen molar-refractivity contribution < 1.29 is 27.2 Å². The van der Waals surface area contributed by atoms with E-state index in [1.807, 2.05) is 24.3 Å². The fourth-order valence-corrected chi connectivity index (χ4v) is 4.55. The van der Waals surface area contributed by atoms with Gasteiger partial charge in [0.2, 0.25) is 0 Å². The van der Waals surface area contributed by atoms with Crippen molar-refractivity contribution in [3.63, 3.8) is 0 Å². The lowest BCUT2D eigenvalue weighted by molar-refractivity contribution is -0.0209. The van der Waals surface area contributed by atoms with Crippen LogP contribution in [-0.2, 0) is 37.8 Å². The molecule has 8 heteroatoms. The Morgan fingerprint density at radius 2 is 1.71 bits per heavy atom. The first-order chi connectivity index (χ1) is 14.5. The van der Waals surface area contributed by atoms with E-state index in [1.165, 1.54) is 4.90 Å². The average molecular weight is 448 g/mol. The molecule has 1 amide bonds. The smallest absolute Gasteiger partial charge is 0.410 e. The van der Waals surface area contributed by atoms with Gasteiger partial charge in [0.25, 0.3) is 10.1 Å². The van der Waals surface area contributed by atoms with Crippen molar-refractivity contribution in [2.24, 2.45) is 0 Å². The largest absolute Gasteiger partial charge is 0.444 e. The van der Waals surface area contributed by atoms with Crippen LogP contribution in [-0.4, -0.2) is 48.9 Å². The van der Waals surface area contributed by atoms with Crippen molar-refractivity contribution in [2.75, 3.05) is 6.61 Å². The third-order valence-electron chi connectivity index (χ3n) is 4.97. The molecule has 2 aromatic carbocycles. The van der Waals surface area contributed by atoms with Gasteiger partial charge in [0.05, 0.1) is 18.8 Å². The number of nitrogens with zero attached hydrogens (tertiary/aromatic N) is 1. The van der Waals surface area contributed by atoms with E-state index in [4.69, 9.17) is 8.92 Å². The van der Waals surface area contributed by atoms with Crippen molar-refractivity contribution in [2.45, 2.75) is 57.2 Å². The van der Waals surface area contributed by atoms with Gasteiger partial charge in [-0.1, -0.05) is 54.6 Å². The lowest BCUT2D eigenvalue weighted by Gasteiger charge is -2.39. The standard InChI is InChI=1S/C23H29NO6S/c1-23(2,3)30-22(26)24-14-19-12-8-7-11-18(19)13-20(24)21(25)15-29-31(27,28)16-17-9-5-4-6-10-17/h4-12,20-21,25H,13-16H2,1-3H3/t20-,21+/m0/s1. The topological polar surface area (TPSA) is 93.1 Å². The Bertz CT molecular complexity index is 1000. The number of hydrogen-bond donors (Lipinski definition) is 1. The van der Waals surface area contributed by atoms with E-state index in [9.17, 15) is 18.3 Å². The second-order valence-electron chi connectivity index (χ2n) is 8.69. The fraction of sp³-hybridized carbons (Fsp3) is 0.435. The summed E-state index contributed by atoms with van der Waals surface area (Å²) in [6.07, 6.45) is -1.39. The summed E-state index contributed by atoms with van der Waals surface area (Å²) in [6, 6.07) is 15.7. The summed E-state index contributed by atoms with van der Waals surface area (Å²) in [6.45, 7) is 5.14. The SMILES string of the molecule is CC(C)(C)OC(=O)N1Cc2ccccc2C[C@H]1[C@H](O)COS(=O)(=O)Cc1ccccc1. The zero-order valence-electron chi connectivity index (χ0n) is 18.0. The summed E-state index contributed by atoms with van der Waals surface area (Å²) in [7, 11) is -3.89. The molecule has 7 nitrogen and oxygen atoms in total. The second-order valence-corrected chi connectivity index (χ2v) is 10.3. The van der Waals surface area contributed by atoms with E-state index in [-0.39, 0.29) is 12.3 Å². The van der Waals surface area contributed by atoms with Crippen LogP contribution in [0.1, 0.15) is 37.5 Å². The molecule has 0 spiro atoms. The van der Waals surface area contributed by atoms with Crippen molar-refractivity contribution in [1.29, 1.82) is 0 Å². The van der Waals surface area contributed by atoms with Crippen LogP contribution in [0.25, 0.3) is 0 Å². The first-order valence-electron chi connectivity index (χ1n) is 10.2. The molecule has 1 aliphatic rings. The third kappa shape index (κ3) is 6.53. The van der Waals surface area contributed by atoms with Gasteiger partial charge in [-0.05, 0) is 43.9 Å². The van der Waals surface area contributed by atoms with Crippen LogP contribution in [0.5, 0.6) is 0 Å². The predicted molar refractivity (Wildman–Crippen MR) is 117 cm³/mol. The molecular formula is C23H29NO6S. The maximum Gasteiger partial charge on any atom is 0.410 e. The van der Waals surface area contributed by atoms with Crippen LogP contribution in [0.3, 0.4) is 0 Å². The van der Waals surface area contributed by atoms with E-state index < -0.39 is 40.6 Å². The molecule has 0 bridgehead atoms. The zero-order valence-corrected chi connectivity index (χ0v) is 18.8. The van der Waals surface area contributed by atoms with Crippen LogP contribution in [0, 0.1) is 0 Å². The highest BCUT2D eigenvalue weighted by Crippen LogP contribution is 2.27. The van der Waals surface area contributed by atoms with Crippen LogP contribution in [0.2, 0.25) is 0 Å². The van der Waals surface area contributed by atoms with Crippen molar-refractivity contribution in [1.82, 2.24) is 4.90 Å². The van der Waals surface area contributed by atoms with Gasteiger partial charge in [-0.15, -0.1) is 0 Å². The molecule has 0 unspecified atom stereocenters. The van der Waals surface area contributed by atoms with Gasteiger partial charge in [0, 0.05) is 6.54 Å². The number of aliphatic hydroxyl groups excluding tert-OH is 1. The molecule has 2 atom stereocenters. The van der Waals surface area contributed by atoms with Gasteiger partial charge in [0.15, 0.2) is 0 Å². The number of aliphatic hydroxyl groups is 1. The lowest BCUT2D eigenvalue weighted by atomic mass is 9.91. The Morgan fingerprint density at radius 1 is 1.10 bits per heavy atom. The second kappa shape index (κ2) is 9.38. The number of fused-ring (bicyclic) bond motifs is 1. The molecular weight excluding hydrogens is 418 g/mol. The molecule has 0 aromatic heterocycles. The normalized spacial score (nSPS) is 17.7. The molecule has 0 fully saturated rings. The Hall–Kier alpha value is -2.42. The predicted octanol–water partition coefficient (Wildman–Crippen LogP) is 3.26. The van der Waals surface area contributed by atoms with Crippen molar-refractivity contribution in [3.05, 3.63) is 71.3 Å². The molecule has 1 aliphatic heterocycles. The molecule has 0 saturated carbocycles. The number of carbonyl (C=O) groups is 1. The van der Waals surface area contributed by atoms with Crippen LogP contribution in [0.4, 0.5) is 4.79 Å². The first-order valence-corrected chi connectivity index (χ1v) is 11.8. The van der Waals surface area contributed by atoms with E-state index in [0.717, 1.165) is 11.1 Å². The first kappa shape index (κ1) is 23.2. The Balaban J connectivity index is 1.73. The molecule has 3 rings (SSSR count). The van der Waals surface area contributed by atoms with Crippen molar-refractivity contribution in [3.8, 4) is 0 Å². The Labute approximate surface area is 183 Å². The summed E-state index contributed by atoms with van der Waals surface area (Å²) >= 11 is 0. The van der Waals surface area contributed by atoms with Crippen molar-refractivity contribution >= 4 is 16.2 Å². The van der Waals surface area contributed by atoms with E-state index in [1.54, 1.807) is 51.1 Å². The van der Waals surface area contributed by atoms with Crippen LogP contribution < -0.4 is 0 Å². The summed E-state index contributed by atoms with van der Waals surface area (Å²) in [4.78, 5) is 14.3. The summed E-state index contributed by atoms with van der Waals surface area (Å²) in [5.41, 5.74) is 1.87. The summed E-state index contributed by atoms with van der Waals surface area (Å²) in [5, 5.41) is 10.8. The fourth-order valence-electron chi connectivity index (χ4n) is 3.52. The number of hydrogen-bond acceptors (Lipinski definition) is 6. The Morgan fingerprint density at radius 3 is 2.35 bits per heavy atom. The zero-order chi connectivity index (χ0) is 22.6. The van der Waals surface area contributed by atoms with Gasteiger partial charge in [-0.2, -0.15) is 8.42 Å². The highest BCUT2D eigenvalue weighted by molar-refractivity contribution is 7.85. The third-order valence-corrected chi connectivity index (χ3v) is 6.15. The quantitative estimate of drug-likeness (QED) is 0.684. The van der Waals surface area contributed by atoms with E-state index in [0.29, 0.717) is 12.0 Å². The molecule has 0 radical (unpaired) electrons. The number of ether oxygens (including phenoxy) is 1. The van der Waals surface area contributed by atoms with Gasteiger partial charge in [-0.25, -0.2) is 4.79 Å². The number of carbonyl (C=O) groups excluding carboxylic acids is 1. The van der Waals surface area contributed by atoms with Gasteiger partial charge in [0.1, 0.15) is 11.4 Å². The number of benzene rings is 2. The van der Waals surface area contributed by atoms with E-state index in [2.05, 4.69) is 0 Å². The number of amides is 1. The molecule has 1 N–H and O–H groups in total. The lowest BCUT2D eigenvalue weighted by Crippen LogP contribution is -2.53. The monoisotopic (exact) mass is 447 g/mol. The summed E-state index contributed by atoms with van der Waals surface area (Å²) < 4.78 is 35.3. The minimum Gasteiger partial charge on any atom is -0.444 e. The van der Waals surface area contributed by atoms with Gasteiger partial charge < -0.3 is 9.84 Å². The molecule has 168 valence electrons. The Kier molecular flexibility index (Phi) is 7.03.